The lowest BCUT2D eigenvalue weighted by molar-refractivity contribution is -0.115. The molecule has 0 unspecified atom stereocenters. The summed E-state index contributed by atoms with van der Waals surface area (Å²) in [5.41, 5.74) is 6.93. The number of hydrogen-bond donors (Lipinski definition) is 1. The zero-order valence-corrected chi connectivity index (χ0v) is 13.1. The van der Waals surface area contributed by atoms with Crippen molar-refractivity contribution in [3.8, 4) is 11.4 Å². The Morgan fingerprint density at radius 1 is 1.14 bits per heavy atom. The molecule has 0 radical (unpaired) electrons. The number of aromatic nitrogens is 2. The van der Waals surface area contributed by atoms with Gasteiger partial charge in [-0.15, -0.1) is 0 Å². The van der Waals surface area contributed by atoms with E-state index in [0.717, 1.165) is 16.5 Å². The highest BCUT2D eigenvalue weighted by atomic mass is 35.5. The monoisotopic (exact) mass is 329 g/mol. The van der Waals surface area contributed by atoms with Gasteiger partial charge in [0.25, 0.3) is 0 Å². The van der Waals surface area contributed by atoms with Crippen LogP contribution in [0.3, 0.4) is 0 Å². The summed E-state index contributed by atoms with van der Waals surface area (Å²) in [5, 5.41) is 2.12. The molecular formula is C16H12ClN3OS. The van der Waals surface area contributed by atoms with Crippen LogP contribution in [0.25, 0.3) is 22.3 Å². The predicted octanol–water partition coefficient (Wildman–Crippen LogP) is 3.53. The Morgan fingerprint density at radius 2 is 1.91 bits per heavy atom. The largest absolute Gasteiger partial charge is 0.369 e. The van der Waals surface area contributed by atoms with Gasteiger partial charge in [0.1, 0.15) is 5.03 Å². The normalized spacial score (nSPS) is 10.8. The minimum atomic E-state index is -0.389. The van der Waals surface area contributed by atoms with Gasteiger partial charge in [-0.25, -0.2) is 9.97 Å². The molecule has 2 aromatic carbocycles. The minimum Gasteiger partial charge on any atom is -0.369 e. The fourth-order valence-electron chi connectivity index (χ4n) is 2.04. The summed E-state index contributed by atoms with van der Waals surface area (Å²) < 4.78 is 0. The van der Waals surface area contributed by atoms with Crippen molar-refractivity contribution in [2.24, 2.45) is 5.73 Å². The van der Waals surface area contributed by atoms with Crippen molar-refractivity contribution in [2.75, 3.05) is 5.75 Å². The lowest BCUT2D eigenvalue weighted by Crippen LogP contribution is -2.13. The van der Waals surface area contributed by atoms with Crippen molar-refractivity contribution in [2.45, 2.75) is 5.03 Å². The molecule has 0 aliphatic rings. The molecule has 1 amide bonds. The number of nitrogens with zero attached hydrogens (tertiary/aromatic N) is 2. The van der Waals surface area contributed by atoms with Gasteiger partial charge in [0, 0.05) is 16.0 Å². The summed E-state index contributed by atoms with van der Waals surface area (Å²) in [5.74, 6) is 0.384. The van der Waals surface area contributed by atoms with E-state index in [-0.39, 0.29) is 11.7 Å². The Hall–Kier alpha value is -2.11. The number of halogens is 1. The molecule has 22 heavy (non-hydrogen) atoms. The fraction of sp³-hybridized carbons (Fsp3) is 0.0625. The maximum absolute atomic E-state index is 11.1. The molecule has 0 aliphatic carbocycles. The summed E-state index contributed by atoms with van der Waals surface area (Å²) >= 11 is 7.34. The van der Waals surface area contributed by atoms with Gasteiger partial charge in [-0.3, -0.25) is 4.79 Å². The minimum absolute atomic E-state index is 0.160. The van der Waals surface area contributed by atoms with Crippen LogP contribution in [0.5, 0.6) is 0 Å². The van der Waals surface area contributed by atoms with Crippen LogP contribution in [0.2, 0.25) is 5.02 Å². The number of nitrogens with two attached hydrogens (primary N) is 1. The summed E-state index contributed by atoms with van der Waals surface area (Å²) in [4.78, 5) is 20.2. The second-order valence-electron chi connectivity index (χ2n) is 4.63. The van der Waals surface area contributed by atoms with Crippen LogP contribution in [0.15, 0.2) is 53.6 Å². The highest BCUT2D eigenvalue weighted by Crippen LogP contribution is 2.30. The fourth-order valence-corrected chi connectivity index (χ4v) is 2.96. The Balaban J connectivity index is 2.15. The van der Waals surface area contributed by atoms with Crippen molar-refractivity contribution in [1.29, 1.82) is 0 Å². The number of carbonyl (C=O) groups excluding carboxylic acids is 1. The Bertz CT molecular complexity index is 839. The van der Waals surface area contributed by atoms with E-state index >= 15 is 0 Å². The van der Waals surface area contributed by atoms with Gasteiger partial charge in [0.15, 0.2) is 5.82 Å². The molecule has 0 fully saturated rings. The van der Waals surface area contributed by atoms with Gasteiger partial charge in [-0.05, 0) is 18.2 Å². The van der Waals surface area contributed by atoms with E-state index in [4.69, 9.17) is 17.3 Å². The van der Waals surface area contributed by atoms with Gasteiger partial charge >= 0.3 is 0 Å². The maximum atomic E-state index is 11.1. The van der Waals surface area contributed by atoms with Gasteiger partial charge in [0.2, 0.25) is 5.91 Å². The lowest BCUT2D eigenvalue weighted by Gasteiger charge is -2.08. The lowest BCUT2D eigenvalue weighted by atomic mass is 10.2. The van der Waals surface area contributed by atoms with Gasteiger partial charge in [-0.1, -0.05) is 53.7 Å². The second-order valence-corrected chi connectivity index (χ2v) is 6.04. The average molecular weight is 330 g/mol. The quantitative estimate of drug-likeness (QED) is 0.587. The molecule has 4 nitrogen and oxygen atoms in total. The van der Waals surface area contributed by atoms with Crippen molar-refractivity contribution >= 4 is 40.2 Å². The summed E-state index contributed by atoms with van der Waals surface area (Å²) in [6.45, 7) is 0. The van der Waals surface area contributed by atoms with E-state index in [1.165, 1.54) is 11.8 Å². The third-order valence-corrected chi connectivity index (χ3v) is 4.25. The first-order valence-corrected chi connectivity index (χ1v) is 7.93. The Labute approximate surface area is 136 Å². The molecule has 110 valence electrons. The number of hydrogen-bond acceptors (Lipinski definition) is 4. The van der Waals surface area contributed by atoms with E-state index in [1.807, 2.05) is 36.4 Å². The second kappa shape index (κ2) is 6.34. The van der Waals surface area contributed by atoms with Crippen LogP contribution < -0.4 is 5.73 Å². The molecule has 3 aromatic rings. The molecule has 3 rings (SSSR count). The van der Waals surface area contributed by atoms with Crippen LogP contribution >= 0.6 is 23.4 Å². The SMILES string of the molecule is NC(=O)CSc1nc(-c2ccccc2)nc2ccc(Cl)cc12. The summed E-state index contributed by atoms with van der Waals surface area (Å²) in [6, 6.07) is 15.1. The van der Waals surface area contributed by atoms with Crippen LogP contribution in [0.4, 0.5) is 0 Å². The molecule has 0 bridgehead atoms. The molecule has 6 heteroatoms. The number of benzene rings is 2. The zero-order chi connectivity index (χ0) is 15.5. The molecule has 1 heterocycles. The number of rotatable bonds is 4. The van der Waals surface area contributed by atoms with Crippen LogP contribution in [0, 0.1) is 0 Å². The van der Waals surface area contributed by atoms with Gasteiger partial charge < -0.3 is 5.73 Å². The first-order chi connectivity index (χ1) is 10.6. The number of thioether (sulfide) groups is 1. The third kappa shape index (κ3) is 3.21. The highest BCUT2D eigenvalue weighted by Gasteiger charge is 2.11. The first kappa shape index (κ1) is 14.8. The standard InChI is InChI=1S/C16H12ClN3OS/c17-11-6-7-13-12(8-11)16(22-9-14(18)21)20-15(19-13)10-4-2-1-3-5-10/h1-8H,9H2,(H2,18,21). The molecule has 0 saturated heterocycles. The van der Waals surface area contributed by atoms with Gasteiger partial charge in [-0.2, -0.15) is 0 Å². The van der Waals surface area contributed by atoms with Crippen LogP contribution in [-0.2, 0) is 4.79 Å². The molecule has 1 aromatic heterocycles. The van der Waals surface area contributed by atoms with E-state index in [2.05, 4.69) is 9.97 Å². The van der Waals surface area contributed by atoms with Crippen LogP contribution in [-0.4, -0.2) is 21.6 Å². The smallest absolute Gasteiger partial charge is 0.227 e. The van der Waals surface area contributed by atoms with Crippen molar-refractivity contribution in [3.63, 3.8) is 0 Å². The average Bonchev–Trinajstić information content (AvgIpc) is 2.53. The number of amides is 1. The predicted molar refractivity (Wildman–Crippen MR) is 89.9 cm³/mol. The van der Waals surface area contributed by atoms with E-state index < -0.39 is 0 Å². The number of fused-ring (bicyclic) bond motifs is 1. The summed E-state index contributed by atoms with van der Waals surface area (Å²) in [7, 11) is 0. The van der Waals surface area contributed by atoms with Crippen molar-refractivity contribution in [3.05, 3.63) is 53.6 Å². The zero-order valence-electron chi connectivity index (χ0n) is 11.5. The molecule has 0 spiro atoms. The van der Waals surface area contributed by atoms with Crippen molar-refractivity contribution < 1.29 is 4.79 Å². The van der Waals surface area contributed by atoms with E-state index in [0.29, 0.717) is 15.9 Å². The topological polar surface area (TPSA) is 68.9 Å². The highest BCUT2D eigenvalue weighted by molar-refractivity contribution is 8.00. The Morgan fingerprint density at radius 3 is 2.64 bits per heavy atom. The van der Waals surface area contributed by atoms with Gasteiger partial charge in [0.05, 0.1) is 11.3 Å². The number of primary amides is 1. The van der Waals surface area contributed by atoms with Crippen LogP contribution in [0.1, 0.15) is 0 Å². The third-order valence-electron chi connectivity index (χ3n) is 3.01. The first-order valence-electron chi connectivity index (χ1n) is 6.57. The Kier molecular flexibility index (Phi) is 4.27. The molecule has 0 atom stereocenters. The maximum Gasteiger partial charge on any atom is 0.227 e. The molecule has 0 aliphatic heterocycles. The molecular weight excluding hydrogens is 318 g/mol. The van der Waals surface area contributed by atoms with Crippen molar-refractivity contribution in [1.82, 2.24) is 9.97 Å². The number of carbonyl (C=O) groups is 1. The van der Waals surface area contributed by atoms with E-state index in [9.17, 15) is 4.79 Å². The summed E-state index contributed by atoms with van der Waals surface area (Å²) in [6.07, 6.45) is 0. The van der Waals surface area contributed by atoms with E-state index in [1.54, 1.807) is 12.1 Å². The molecule has 2 N–H and O–H groups in total. The molecule has 0 saturated carbocycles.